The zero-order valence-corrected chi connectivity index (χ0v) is 21.0. The van der Waals surface area contributed by atoms with Gasteiger partial charge in [0, 0.05) is 43.2 Å². The van der Waals surface area contributed by atoms with E-state index in [0.717, 1.165) is 10.2 Å². The van der Waals surface area contributed by atoms with Gasteiger partial charge >= 0.3 is 0 Å². The minimum atomic E-state index is -0.0905. The number of rotatable bonds is 5. The average Bonchev–Trinajstić information content (AvgIpc) is 3.47. The molecule has 0 saturated carbocycles. The molecule has 0 spiro atoms. The fourth-order valence-electron chi connectivity index (χ4n) is 4.79. The fourth-order valence-corrected chi connectivity index (χ4v) is 5.69. The first kappa shape index (κ1) is 23.2. The number of carbonyl (C=O) groups is 2. The number of ether oxygens (including phenoxy) is 1. The highest BCUT2D eigenvalue weighted by atomic mass is 32.1. The molecular formula is C28H29N3O3S. The minimum absolute atomic E-state index is 0.0160. The summed E-state index contributed by atoms with van der Waals surface area (Å²) in [6.45, 7) is 6.26. The summed E-state index contributed by atoms with van der Waals surface area (Å²) in [5.74, 6) is 0.640. The number of fused-ring (bicyclic) bond motifs is 1. The predicted octanol–water partition coefficient (Wildman–Crippen LogP) is 5.05. The van der Waals surface area contributed by atoms with Crippen LogP contribution in [0.3, 0.4) is 0 Å². The van der Waals surface area contributed by atoms with E-state index < -0.39 is 0 Å². The van der Waals surface area contributed by atoms with Gasteiger partial charge in [-0.25, -0.2) is 0 Å². The molecule has 1 atom stereocenters. The molecule has 180 valence electrons. The Morgan fingerprint density at radius 2 is 1.86 bits per heavy atom. The molecule has 4 aromatic rings. The van der Waals surface area contributed by atoms with Crippen LogP contribution in [-0.4, -0.2) is 59.0 Å². The Labute approximate surface area is 209 Å². The maximum Gasteiger partial charge on any atom is 0.270 e. The SMILES string of the molecule is COc1cccc(C(=O)N2CCN(C(=O)c3cc4ccsc4n3Cc3ccccc3C)CC2C)c1. The van der Waals surface area contributed by atoms with Gasteiger partial charge in [0.1, 0.15) is 16.3 Å². The highest BCUT2D eigenvalue weighted by molar-refractivity contribution is 7.16. The number of aromatic nitrogens is 1. The quantitative estimate of drug-likeness (QED) is 0.396. The Morgan fingerprint density at radius 3 is 2.63 bits per heavy atom. The van der Waals surface area contributed by atoms with Crippen molar-refractivity contribution < 1.29 is 14.3 Å². The molecule has 35 heavy (non-hydrogen) atoms. The van der Waals surface area contributed by atoms with Crippen LogP contribution in [0, 0.1) is 6.92 Å². The van der Waals surface area contributed by atoms with E-state index in [9.17, 15) is 9.59 Å². The summed E-state index contributed by atoms with van der Waals surface area (Å²) in [4.78, 5) is 31.7. The molecular weight excluding hydrogens is 458 g/mol. The molecule has 2 aromatic heterocycles. The molecule has 5 rings (SSSR count). The van der Waals surface area contributed by atoms with Gasteiger partial charge < -0.3 is 19.1 Å². The molecule has 1 aliphatic heterocycles. The average molecular weight is 488 g/mol. The Bertz CT molecular complexity index is 1390. The number of hydrogen-bond acceptors (Lipinski definition) is 4. The first-order valence-corrected chi connectivity index (χ1v) is 12.7. The maximum atomic E-state index is 13.7. The number of piperazine rings is 1. The van der Waals surface area contributed by atoms with Crippen molar-refractivity contribution in [3.05, 3.63) is 88.4 Å². The van der Waals surface area contributed by atoms with E-state index in [1.807, 2.05) is 47.1 Å². The van der Waals surface area contributed by atoms with Crippen LogP contribution < -0.4 is 4.74 Å². The second kappa shape index (κ2) is 9.58. The highest BCUT2D eigenvalue weighted by Gasteiger charge is 2.32. The van der Waals surface area contributed by atoms with Gasteiger partial charge in [-0.05, 0) is 60.7 Å². The van der Waals surface area contributed by atoms with Crippen molar-refractivity contribution in [1.29, 1.82) is 0 Å². The van der Waals surface area contributed by atoms with E-state index in [2.05, 4.69) is 35.1 Å². The van der Waals surface area contributed by atoms with Crippen molar-refractivity contribution in [3.63, 3.8) is 0 Å². The summed E-state index contributed by atoms with van der Waals surface area (Å²) in [5.41, 5.74) is 3.72. The van der Waals surface area contributed by atoms with Crippen LogP contribution in [0.4, 0.5) is 0 Å². The van der Waals surface area contributed by atoms with Crippen LogP contribution in [0.15, 0.2) is 66.0 Å². The van der Waals surface area contributed by atoms with Gasteiger partial charge in [-0.2, -0.15) is 0 Å². The Hall–Kier alpha value is -3.58. The van der Waals surface area contributed by atoms with Gasteiger partial charge in [-0.15, -0.1) is 11.3 Å². The predicted molar refractivity (Wildman–Crippen MR) is 139 cm³/mol. The van der Waals surface area contributed by atoms with Crippen molar-refractivity contribution in [2.45, 2.75) is 26.4 Å². The number of aryl methyl sites for hydroxylation is 1. The van der Waals surface area contributed by atoms with E-state index in [0.29, 0.717) is 43.2 Å². The van der Waals surface area contributed by atoms with Gasteiger partial charge in [-0.3, -0.25) is 9.59 Å². The molecule has 1 fully saturated rings. The lowest BCUT2D eigenvalue weighted by Gasteiger charge is -2.40. The molecule has 0 bridgehead atoms. The molecule has 3 heterocycles. The number of methoxy groups -OCH3 is 1. The lowest BCUT2D eigenvalue weighted by Crippen LogP contribution is -2.55. The van der Waals surface area contributed by atoms with Crippen LogP contribution in [0.5, 0.6) is 5.75 Å². The van der Waals surface area contributed by atoms with Gasteiger partial charge in [0.15, 0.2) is 0 Å². The third kappa shape index (κ3) is 4.44. The summed E-state index contributed by atoms with van der Waals surface area (Å²) in [6.07, 6.45) is 0. The number of nitrogens with zero attached hydrogens (tertiary/aromatic N) is 3. The van der Waals surface area contributed by atoms with Crippen molar-refractivity contribution in [2.24, 2.45) is 0 Å². The molecule has 1 unspecified atom stereocenters. The number of amides is 2. The Morgan fingerprint density at radius 1 is 1.03 bits per heavy atom. The van der Waals surface area contributed by atoms with Crippen LogP contribution >= 0.6 is 11.3 Å². The lowest BCUT2D eigenvalue weighted by molar-refractivity contribution is 0.0409. The van der Waals surface area contributed by atoms with Crippen molar-refractivity contribution in [1.82, 2.24) is 14.4 Å². The molecule has 7 heteroatoms. The molecule has 6 nitrogen and oxygen atoms in total. The Kier molecular flexibility index (Phi) is 6.34. The first-order chi connectivity index (χ1) is 17.0. The lowest BCUT2D eigenvalue weighted by atomic mass is 10.1. The number of benzene rings is 2. The van der Waals surface area contributed by atoms with Gasteiger partial charge in [0.2, 0.25) is 0 Å². The molecule has 1 saturated heterocycles. The maximum absolute atomic E-state index is 13.7. The largest absolute Gasteiger partial charge is 0.497 e. The van der Waals surface area contributed by atoms with Crippen LogP contribution in [0.1, 0.15) is 38.9 Å². The van der Waals surface area contributed by atoms with E-state index in [1.54, 1.807) is 30.6 Å². The van der Waals surface area contributed by atoms with E-state index >= 15 is 0 Å². The number of thiophene rings is 1. The second-order valence-electron chi connectivity index (χ2n) is 9.05. The molecule has 2 amide bonds. The van der Waals surface area contributed by atoms with Gasteiger partial charge in [0.25, 0.3) is 11.8 Å². The molecule has 0 radical (unpaired) electrons. The fraction of sp³-hybridized carbons (Fsp3) is 0.286. The standard InChI is InChI=1S/C28H29N3O3S/c1-19-7-4-5-8-23(19)18-31-25(16-22-11-14-35-28(22)31)27(33)29-12-13-30(20(2)17-29)26(32)21-9-6-10-24(15-21)34-3/h4-11,14-16,20H,12-13,17-18H2,1-3H3. The van der Waals surface area contributed by atoms with Crippen LogP contribution in [0.2, 0.25) is 0 Å². The van der Waals surface area contributed by atoms with E-state index in [1.165, 1.54) is 11.1 Å². The molecule has 1 aliphatic rings. The first-order valence-electron chi connectivity index (χ1n) is 11.8. The number of hydrogen-bond donors (Lipinski definition) is 0. The molecule has 0 N–H and O–H groups in total. The van der Waals surface area contributed by atoms with Crippen molar-refractivity contribution in [2.75, 3.05) is 26.7 Å². The monoisotopic (exact) mass is 487 g/mol. The summed E-state index contributed by atoms with van der Waals surface area (Å²) >= 11 is 1.66. The Balaban J connectivity index is 1.36. The van der Waals surface area contributed by atoms with E-state index in [4.69, 9.17) is 4.74 Å². The molecule has 2 aromatic carbocycles. The summed E-state index contributed by atoms with van der Waals surface area (Å²) < 4.78 is 7.41. The van der Waals surface area contributed by atoms with Gasteiger partial charge in [-0.1, -0.05) is 30.3 Å². The summed E-state index contributed by atoms with van der Waals surface area (Å²) in [7, 11) is 1.59. The third-order valence-corrected chi connectivity index (χ3v) is 7.75. The smallest absolute Gasteiger partial charge is 0.270 e. The second-order valence-corrected chi connectivity index (χ2v) is 9.95. The summed E-state index contributed by atoms with van der Waals surface area (Å²) in [6, 6.07) is 19.5. The number of carbonyl (C=O) groups excluding carboxylic acids is 2. The minimum Gasteiger partial charge on any atom is -0.497 e. The molecule has 0 aliphatic carbocycles. The highest BCUT2D eigenvalue weighted by Crippen LogP contribution is 2.28. The summed E-state index contributed by atoms with van der Waals surface area (Å²) in [5, 5.41) is 3.16. The zero-order valence-electron chi connectivity index (χ0n) is 20.2. The third-order valence-electron chi connectivity index (χ3n) is 6.80. The van der Waals surface area contributed by atoms with Crippen molar-refractivity contribution >= 4 is 33.4 Å². The zero-order chi connectivity index (χ0) is 24.5. The van der Waals surface area contributed by atoms with Crippen LogP contribution in [0.25, 0.3) is 10.2 Å². The topological polar surface area (TPSA) is 54.8 Å². The van der Waals surface area contributed by atoms with Gasteiger partial charge in [0.05, 0.1) is 7.11 Å². The van der Waals surface area contributed by atoms with Crippen LogP contribution in [-0.2, 0) is 6.54 Å². The normalized spacial score (nSPS) is 16.0. The van der Waals surface area contributed by atoms with Crippen molar-refractivity contribution in [3.8, 4) is 5.75 Å². The van der Waals surface area contributed by atoms with E-state index in [-0.39, 0.29) is 17.9 Å².